The molecule has 2 rings (SSSR count). The van der Waals surface area contributed by atoms with Crippen molar-refractivity contribution in [3.63, 3.8) is 0 Å². The molecule has 0 bridgehead atoms. The normalized spacial score (nSPS) is 20.2. The second-order valence-corrected chi connectivity index (χ2v) is 5.31. The number of hydrogen-bond acceptors (Lipinski definition) is 3. The summed E-state index contributed by atoms with van der Waals surface area (Å²) in [4.78, 5) is 0. The third kappa shape index (κ3) is 1.80. The van der Waals surface area contributed by atoms with Gasteiger partial charge in [-0.1, -0.05) is 22.0 Å². The van der Waals surface area contributed by atoms with Gasteiger partial charge in [0.05, 0.1) is 25.2 Å². The fourth-order valence-electron chi connectivity index (χ4n) is 2.20. The molecule has 1 aliphatic rings. The number of benzene rings is 1. The van der Waals surface area contributed by atoms with Crippen LogP contribution in [0.15, 0.2) is 22.7 Å². The molecule has 1 unspecified atom stereocenters. The molecule has 1 atom stereocenters. The van der Waals surface area contributed by atoms with E-state index >= 15 is 0 Å². The fraction of sp³-hybridized carbons (Fsp3) is 0.500. The van der Waals surface area contributed by atoms with Gasteiger partial charge in [0, 0.05) is 10.5 Å². The van der Waals surface area contributed by atoms with Gasteiger partial charge >= 0.3 is 0 Å². The molecule has 0 amide bonds. The summed E-state index contributed by atoms with van der Waals surface area (Å²) in [5, 5.41) is 9.26. The molecule has 3 N–H and O–H groups in total. The summed E-state index contributed by atoms with van der Waals surface area (Å²) in [7, 11) is 0. The predicted octanol–water partition coefficient (Wildman–Crippen LogP) is 1.35. The van der Waals surface area contributed by atoms with Crippen molar-refractivity contribution in [3.8, 4) is 0 Å². The van der Waals surface area contributed by atoms with Gasteiger partial charge in [0.25, 0.3) is 0 Å². The van der Waals surface area contributed by atoms with Crippen LogP contribution in [0.1, 0.15) is 11.1 Å². The van der Waals surface area contributed by atoms with Crippen LogP contribution < -0.4 is 5.73 Å². The summed E-state index contributed by atoms with van der Waals surface area (Å²) in [5.41, 5.74) is 8.17. The van der Waals surface area contributed by atoms with Crippen molar-refractivity contribution in [2.75, 3.05) is 19.8 Å². The Balaban J connectivity index is 2.44. The number of hydrogen-bond donors (Lipinski definition) is 2. The Hall–Kier alpha value is -0.420. The minimum Gasteiger partial charge on any atom is -0.395 e. The van der Waals surface area contributed by atoms with Gasteiger partial charge in [-0.05, 0) is 30.2 Å². The molecule has 0 saturated carbocycles. The number of rotatable bonds is 3. The molecular formula is C12H16BrNO2. The van der Waals surface area contributed by atoms with Crippen LogP contribution in [0, 0.1) is 6.92 Å². The highest BCUT2D eigenvalue weighted by molar-refractivity contribution is 9.10. The molecule has 0 radical (unpaired) electrons. The van der Waals surface area contributed by atoms with Crippen LogP contribution >= 0.6 is 15.9 Å². The molecule has 1 fully saturated rings. The summed E-state index contributed by atoms with van der Waals surface area (Å²) < 4.78 is 6.34. The molecule has 1 aromatic rings. The van der Waals surface area contributed by atoms with Crippen molar-refractivity contribution in [2.45, 2.75) is 18.4 Å². The van der Waals surface area contributed by atoms with E-state index in [-0.39, 0.29) is 18.1 Å². The number of nitrogens with two attached hydrogens (primary N) is 1. The monoisotopic (exact) mass is 285 g/mol. The van der Waals surface area contributed by atoms with Crippen molar-refractivity contribution >= 4 is 15.9 Å². The van der Waals surface area contributed by atoms with Gasteiger partial charge in [-0.25, -0.2) is 0 Å². The highest BCUT2D eigenvalue weighted by atomic mass is 79.9. The maximum atomic E-state index is 9.26. The first-order valence-electron chi connectivity index (χ1n) is 5.31. The second kappa shape index (κ2) is 4.45. The van der Waals surface area contributed by atoms with Crippen LogP contribution in [0.5, 0.6) is 0 Å². The topological polar surface area (TPSA) is 55.5 Å². The Labute approximate surface area is 104 Å². The average Bonchev–Trinajstić information content (AvgIpc) is 2.21. The zero-order valence-electron chi connectivity index (χ0n) is 9.24. The van der Waals surface area contributed by atoms with Crippen molar-refractivity contribution in [1.29, 1.82) is 0 Å². The summed E-state index contributed by atoms with van der Waals surface area (Å²) in [5.74, 6) is 0. The van der Waals surface area contributed by atoms with Crippen molar-refractivity contribution in [1.82, 2.24) is 0 Å². The van der Waals surface area contributed by atoms with E-state index in [1.165, 1.54) is 11.1 Å². The van der Waals surface area contributed by atoms with Crippen LogP contribution in [0.25, 0.3) is 0 Å². The number of aryl methyl sites for hydroxylation is 1. The molecular weight excluding hydrogens is 270 g/mol. The second-order valence-electron chi connectivity index (χ2n) is 4.40. The van der Waals surface area contributed by atoms with Gasteiger partial charge in [-0.3, -0.25) is 0 Å². The van der Waals surface area contributed by atoms with Crippen molar-refractivity contribution in [2.24, 2.45) is 5.73 Å². The Kier molecular flexibility index (Phi) is 3.35. The SMILES string of the molecule is Cc1ccc(Br)cc1C1(C(N)CO)COC1. The fourth-order valence-corrected chi connectivity index (χ4v) is 2.56. The van der Waals surface area contributed by atoms with Crippen molar-refractivity contribution in [3.05, 3.63) is 33.8 Å². The smallest absolute Gasteiger partial charge is 0.0601 e. The summed E-state index contributed by atoms with van der Waals surface area (Å²) in [6.45, 7) is 3.22. The Morgan fingerprint density at radius 2 is 2.25 bits per heavy atom. The molecule has 1 heterocycles. The lowest BCUT2D eigenvalue weighted by Crippen LogP contribution is -2.60. The highest BCUT2D eigenvalue weighted by Gasteiger charge is 2.46. The summed E-state index contributed by atoms with van der Waals surface area (Å²) >= 11 is 3.47. The van der Waals surface area contributed by atoms with Gasteiger partial charge in [-0.15, -0.1) is 0 Å². The van der Waals surface area contributed by atoms with Gasteiger partial charge in [-0.2, -0.15) is 0 Å². The summed E-state index contributed by atoms with van der Waals surface area (Å²) in [6.07, 6.45) is 0. The minimum atomic E-state index is -0.269. The zero-order chi connectivity index (χ0) is 11.8. The van der Waals surface area contributed by atoms with Gasteiger partial charge in [0.1, 0.15) is 0 Å². The number of aliphatic hydroxyl groups excluding tert-OH is 1. The van der Waals surface area contributed by atoms with Gasteiger partial charge in [0.15, 0.2) is 0 Å². The number of ether oxygens (including phenoxy) is 1. The molecule has 1 saturated heterocycles. The molecule has 0 spiro atoms. The number of aliphatic hydroxyl groups is 1. The van der Waals surface area contributed by atoms with Gasteiger partial charge in [0.2, 0.25) is 0 Å². The van der Waals surface area contributed by atoms with Crippen LogP contribution in [0.4, 0.5) is 0 Å². The van der Waals surface area contributed by atoms with E-state index in [1.807, 2.05) is 6.07 Å². The molecule has 0 aromatic heterocycles. The molecule has 0 aliphatic carbocycles. The van der Waals surface area contributed by atoms with Crippen LogP contribution in [0.2, 0.25) is 0 Å². The van der Waals surface area contributed by atoms with Crippen LogP contribution in [0.3, 0.4) is 0 Å². The highest BCUT2D eigenvalue weighted by Crippen LogP contribution is 2.37. The van der Waals surface area contributed by atoms with Crippen molar-refractivity contribution < 1.29 is 9.84 Å². The molecule has 16 heavy (non-hydrogen) atoms. The molecule has 1 aromatic carbocycles. The van der Waals surface area contributed by atoms with E-state index in [2.05, 4.69) is 35.0 Å². The van der Waals surface area contributed by atoms with E-state index in [9.17, 15) is 5.11 Å². The Morgan fingerprint density at radius 3 is 2.75 bits per heavy atom. The third-order valence-corrected chi connectivity index (χ3v) is 3.85. The third-order valence-electron chi connectivity index (χ3n) is 3.36. The first-order chi connectivity index (χ1) is 7.60. The lowest BCUT2D eigenvalue weighted by Gasteiger charge is -2.46. The average molecular weight is 286 g/mol. The Morgan fingerprint density at radius 1 is 1.56 bits per heavy atom. The van der Waals surface area contributed by atoms with E-state index in [1.54, 1.807) is 0 Å². The van der Waals surface area contributed by atoms with Crippen LogP contribution in [-0.4, -0.2) is 31.0 Å². The summed E-state index contributed by atoms with van der Waals surface area (Å²) in [6, 6.07) is 5.88. The van der Waals surface area contributed by atoms with E-state index in [0.717, 1.165) is 4.47 Å². The minimum absolute atomic E-state index is 0.0185. The van der Waals surface area contributed by atoms with E-state index < -0.39 is 0 Å². The maximum Gasteiger partial charge on any atom is 0.0601 e. The lowest BCUT2D eigenvalue weighted by molar-refractivity contribution is -0.0801. The molecule has 3 nitrogen and oxygen atoms in total. The predicted molar refractivity (Wildman–Crippen MR) is 66.4 cm³/mol. The largest absolute Gasteiger partial charge is 0.395 e. The van der Waals surface area contributed by atoms with E-state index in [0.29, 0.717) is 13.2 Å². The van der Waals surface area contributed by atoms with Crippen LogP contribution in [-0.2, 0) is 10.2 Å². The number of halogens is 1. The first-order valence-corrected chi connectivity index (χ1v) is 6.10. The quantitative estimate of drug-likeness (QED) is 0.881. The maximum absolute atomic E-state index is 9.26. The Bertz CT molecular complexity index is 391. The van der Waals surface area contributed by atoms with Gasteiger partial charge < -0.3 is 15.6 Å². The van der Waals surface area contributed by atoms with E-state index in [4.69, 9.17) is 10.5 Å². The molecule has 88 valence electrons. The standard InChI is InChI=1S/C12H16BrNO2/c1-8-2-3-9(13)4-10(8)12(6-16-7-12)11(14)5-15/h2-4,11,15H,5-7,14H2,1H3. The molecule has 4 heteroatoms. The first kappa shape index (κ1) is 12.0. The molecule has 1 aliphatic heterocycles. The zero-order valence-corrected chi connectivity index (χ0v) is 10.8. The lowest BCUT2D eigenvalue weighted by atomic mass is 9.71.